The van der Waals surface area contributed by atoms with Gasteiger partial charge in [-0.25, -0.2) is 12.7 Å². The molecule has 0 bridgehead atoms. The van der Waals surface area contributed by atoms with Crippen LogP contribution in [0, 0.1) is 0 Å². The second-order valence-electron chi connectivity index (χ2n) is 7.99. The van der Waals surface area contributed by atoms with E-state index in [1.54, 1.807) is 18.2 Å². The molecule has 0 atom stereocenters. The molecule has 1 N–H and O–H groups in total. The lowest BCUT2D eigenvalue weighted by atomic mass is 9.91. The summed E-state index contributed by atoms with van der Waals surface area (Å²) in [4.78, 5) is 15.8. The van der Waals surface area contributed by atoms with Gasteiger partial charge in [0.15, 0.2) is 0 Å². The number of aromatic nitrogens is 1. The third kappa shape index (κ3) is 3.87. The molecule has 6 heteroatoms. The average Bonchev–Trinajstić information content (AvgIpc) is 2.73. The fourth-order valence-corrected chi connectivity index (χ4v) is 5.37. The fraction of sp³-hybridized carbons (Fsp3) is 0.348. The molecular formula is C23H26N2O3S. The highest BCUT2D eigenvalue weighted by Gasteiger charge is 2.31. The van der Waals surface area contributed by atoms with E-state index in [0.29, 0.717) is 25.9 Å². The van der Waals surface area contributed by atoms with E-state index in [0.717, 1.165) is 22.2 Å². The van der Waals surface area contributed by atoms with E-state index >= 15 is 0 Å². The van der Waals surface area contributed by atoms with Gasteiger partial charge in [0.05, 0.1) is 5.25 Å². The van der Waals surface area contributed by atoms with E-state index < -0.39 is 15.3 Å². The van der Waals surface area contributed by atoms with Crippen molar-refractivity contribution in [2.24, 2.45) is 0 Å². The van der Waals surface area contributed by atoms with Gasteiger partial charge in [-0.1, -0.05) is 42.5 Å². The van der Waals surface area contributed by atoms with E-state index in [2.05, 4.69) is 29.2 Å². The first-order valence-corrected chi connectivity index (χ1v) is 11.6. The van der Waals surface area contributed by atoms with E-state index in [1.807, 2.05) is 30.3 Å². The van der Waals surface area contributed by atoms with Crippen molar-refractivity contribution in [2.75, 3.05) is 13.1 Å². The molecule has 1 fully saturated rings. The van der Waals surface area contributed by atoms with Gasteiger partial charge in [0.1, 0.15) is 0 Å². The zero-order valence-electron chi connectivity index (χ0n) is 16.8. The van der Waals surface area contributed by atoms with Crippen molar-refractivity contribution in [3.63, 3.8) is 0 Å². The zero-order valence-corrected chi connectivity index (χ0v) is 17.6. The van der Waals surface area contributed by atoms with E-state index in [4.69, 9.17) is 0 Å². The van der Waals surface area contributed by atoms with Crippen LogP contribution in [0.25, 0.3) is 22.0 Å². The molecule has 1 aromatic heterocycles. The number of benzene rings is 2. The van der Waals surface area contributed by atoms with Crippen LogP contribution in [0.4, 0.5) is 0 Å². The summed E-state index contributed by atoms with van der Waals surface area (Å²) in [6.07, 6.45) is 1.34. The van der Waals surface area contributed by atoms with Crippen molar-refractivity contribution >= 4 is 20.8 Å². The van der Waals surface area contributed by atoms with Gasteiger partial charge in [-0.05, 0) is 61.1 Å². The number of H-pyrrole nitrogens is 1. The highest BCUT2D eigenvalue weighted by atomic mass is 32.2. The molecule has 0 spiro atoms. The molecular weight excluding hydrogens is 384 g/mol. The first-order chi connectivity index (χ1) is 13.9. The highest BCUT2D eigenvalue weighted by molar-refractivity contribution is 7.89. The van der Waals surface area contributed by atoms with Gasteiger partial charge < -0.3 is 4.98 Å². The van der Waals surface area contributed by atoms with Crippen molar-refractivity contribution in [1.29, 1.82) is 0 Å². The van der Waals surface area contributed by atoms with Gasteiger partial charge in [-0.2, -0.15) is 0 Å². The molecule has 2 aromatic carbocycles. The summed E-state index contributed by atoms with van der Waals surface area (Å²) in [6, 6.07) is 18.2. The number of piperidine rings is 1. The predicted molar refractivity (Wildman–Crippen MR) is 118 cm³/mol. The predicted octanol–water partition coefficient (Wildman–Crippen LogP) is 4.11. The maximum absolute atomic E-state index is 12.8. The monoisotopic (exact) mass is 410 g/mol. The Morgan fingerprint density at radius 2 is 1.66 bits per heavy atom. The third-order valence-electron chi connectivity index (χ3n) is 5.85. The number of sulfonamides is 1. The minimum atomic E-state index is -3.23. The minimum absolute atomic E-state index is 0.0826. The third-order valence-corrected chi connectivity index (χ3v) is 8.13. The Morgan fingerprint density at radius 1 is 0.966 bits per heavy atom. The lowest BCUT2D eigenvalue weighted by Crippen LogP contribution is -2.42. The van der Waals surface area contributed by atoms with E-state index in [-0.39, 0.29) is 11.5 Å². The van der Waals surface area contributed by atoms with Crippen molar-refractivity contribution in [3.8, 4) is 11.3 Å². The number of pyridine rings is 1. The van der Waals surface area contributed by atoms with Crippen LogP contribution in [0.2, 0.25) is 0 Å². The summed E-state index contributed by atoms with van der Waals surface area (Å²) in [5.74, 6) is 0.0861. The molecule has 152 valence electrons. The van der Waals surface area contributed by atoms with Crippen LogP contribution >= 0.6 is 0 Å². The summed E-state index contributed by atoms with van der Waals surface area (Å²) in [7, 11) is -3.23. The first-order valence-electron chi connectivity index (χ1n) is 10.1. The molecule has 4 rings (SSSR count). The molecule has 0 aliphatic carbocycles. The Kier molecular flexibility index (Phi) is 5.32. The number of rotatable bonds is 4. The average molecular weight is 411 g/mol. The molecule has 0 unspecified atom stereocenters. The zero-order chi connectivity index (χ0) is 20.6. The lowest BCUT2D eigenvalue weighted by molar-refractivity contribution is 0.316. The molecule has 1 saturated heterocycles. The Labute approximate surface area is 171 Å². The molecule has 1 aliphatic rings. The second-order valence-corrected chi connectivity index (χ2v) is 10.5. The minimum Gasteiger partial charge on any atom is -0.322 e. The summed E-state index contributed by atoms with van der Waals surface area (Å²) in [6.45, 7) is 4.35. The van der Waals surface area contributed by atoms with Crippen LogP contribution in [-0.4, -0.2) is 36.0 Å². The summed E-state index contributed by atoms with van der Waals surface area (Å²) in [5.41, 5.74) is 2.44. The molecule has 0 radical (unpaired) electrons. The molecule has 5 nitrogen and oxygen atoms in total. The summed E-state index contributed by atoms with van der Waals surface area (Å²) in [5, 5.41) is 1.88. The SMILES string of the molecule is CC(C)S(=O)(=O)N1CCC(c2ccc(-c3ccc4ccccc4c3)[nH]c2=O)CC1. The maximum atomic E-state index is 12.8. The normalized spacial score (nSPS) is 16.5. The number of hydrogen-bond donors (Lipinski definition) is 1. The largest absolute Gasteiger partial charge is 0.322 e. The van der Waals surface area contributed by atoms with Crippen LogP contribution in [0.3, 0.4) is 0 Å². The summed E-state index contributed by atoms with van der Waals surface area (Å²) >= 11 is 0. The molecule has 3 aromatic rings. The van der Waals surface area contributed by atoms with Crippen LogP contribution < -0.4 is 5.56 Å². The van der Waals surface area contributed by atoms with Crippen molar-refractivity contribution < 1.29 is 8.42 Å². The van der Waals surface area contributed by atoms with Crippen LogP contribution in [0.5, 0.6) is 0 Å². The van der Waals surface area contributed by atoms with Crippen molar-refractivity contribution in [2.45, 2.75) is 37.9 Å². The molecule has 1 aliphatic heterocycles. The van der Waals surface area contributed by atoms with E-state index in [1.165, 1.54) is 5.39 Å². The number of aromatic amines is 1. The van der Waals surface area contributed by atoms with Crippen LogP contribution in [0.15, 0.2) is 59.4 Å². The van der Waals surface area contributed by atoms with Crippen molar-refractivity contribution in [3.05, 3.63) is 70.5 Å². The summed E-state index contributed by atoms with van der Waals surface area (Å²) < 4.78 is 26.3. The number of nitrogens with one attached hydrogen (secondary N) is 1. The molecule has 0 saturated carbocycles. The van der Waals surface area contributed by atoms with E-state index in [9.17, 15) is 13.2 Å². The smallest absolute Gasteiger partial charge is 0.251 e. The standard InChI is InChI=1S/C23H26N2O3S/c1-16(2)29(27,28)25-13-11-18(12-14-25)21-9-10-22(24-23(21)26)20-8-7-17-5-3-4-6-19(17)15-20/h3-10,15-16,18H,11-14H2,1-2H3,(H,24,26). The second kappa shape index (κ2) is 7.76. The number of fused-ring (bicyclic) bond motifs is 1. The number of hydrogen-bond acceptors (Lipinski definition) is 3. The number of nitrogens with zero attached hydrogens (tertiary/aromatic N) is 1. The maximum Gasteiger partial charge on any atom is 0.251 e. The lowest BCUT2D eigenvalue weighted by Gasteiger charge is -2.32. The molecule has 2 heterocycles. The van der Waals surface area contributed by atoms with Gasteiger partial charge in [-0.3, -0.25) is 4.79 Å². The van der Waals surface area contributed by atoms with Gasteiger partial charge >= 0.3 is 0 Å². The molecule has 29 heavy (non-hydrogen) atoms. The highest BCUT2D eigenvalue weighted by Crippen LogP contribution is 2.29. The van der Waals surface area contributed by atoms with Gasteiger partial charge in [0.25, 0.3) is 5.56 Å². The Morgan fingerprint density at radius 3 is 2.31 bits per heavy atom. The Balaban J connectivity index is 1.54. The van der Waals surface area contributed by atoms with Crippen molar-refractivity contribution in [1.82, 2.24) is 9.29 Å². The van der Waals surface area contributed by atoms with Gasteiger partial charge in [-0.15, -0.1) is 0 Å². The van der Waals surface area contributed by atoms with Crippen LogP contribution in [0.1, 0.15) is 38.2 Å². The Hall–Kier alpha value is -2.44. The fourth-order valence-electron chi connectivity index (χ4n) is 4.05. The van der Waals surface area contributed by atoms with Gasteiger partial charge in [0, 0.05) is 24.3 Å². The molecule has 0 amide bonds. The van der Waals surface area contributed by atoms with Crippen LogP contribution in [-0.2, 0) is 10.0 Å². The Bertz CT molecular complexity index is 1190. The van der Waals surface area contributed by atoms with Gasteiger partial charge in [0.2, 0.25) is 10.0 Å². The first kappa shape index (κ1) is 19.9. The topological polar surface area (TPSA) is 70.2 Å². The quantitative estimate of drug-likeness (QED) is 0.704.